The summed E-state index contributed by atoms with van der Waals surface area (Å²) in [6.45, 7) is 4.94. The Balaban J connectivity index is 1.64. The Morgan fingerprint density at radius 2 is 2.25 bits per heavy atom. The lowest BCUT2D eigenvalue weighted by molar-refractivity contribution is 0.154. The fourth-order valence-corrected chi connectivity index (χ4v) is 2.79. The number of aromatic nitrogens is 6. The molecule has 1 atom stereocenters. The molecule has 0 aromatic carbocycles. The van der Waals surface area contributed by atoms with Gasteiger partial charge in [-0.15, -0.1) is 10.2 Å². The van der Waals surface area contributed by atoms with E-state index < -0.39 is 0 Å². The van der Waals surface area contributed by atoms with E-state index in [0.717, 1.165) is 31.1 Å². The van der Waals surface area contributed by atoms with E-state index in [1.807, 2.05) is 18.7 Å². The van der Waals surface area contributed by atoms with E-state index in [2.05, 4.69) is 41.0 Å². The highest BCUT2D eigenvalue weighted by atomic mass is 15.3. The molecule has 0 N–H and O–H groups in total. The summed E-state index contributed by atoms with van der Waals surface area (Å²) >= 11 is 0. The van der Waals surface area contributed by atoms with Gasteiger partial charge in [-0.3, -0.25) is 14.3 Å². The largest absolute Gasteiger partial charge is 0.315 e. The van der Waals surface area contributed by atoms with Gasteiger partial charge in [0.1, 0.15) is 12.2 Å². The van der Waals surface area contributed by atoms with Crippen LogP contribution in [0.15, 0.2) is 31.1 Å². The molecule has 7 nitrogen and oxygen atoms in total. The van der Waals surface area contributed by atoms with E-state index in [1.54, 1.807) is 12.4 Å². The van der Waals surface area contributed by atoms with Gasteiger partial charge in [0.2, 0.25) is 0 Å². The molecular weight excluding hydrogens is 254 g/mol. The zero-order chi connectivity index (χ0) is 13.5. The molecule has 20 heavy (non-hydrogen) atoms. The highest BCUT2D eigenvalue weighted by Gasteiger charge is 2.26. The Kier molecular flexibility index (Phi) is 2.53. The highest BCUT2D eigenvalue weighted by molar-refractivity contribution is 5.36. The van der Waals surface area contributed by atoms with Crippen molar-refractivity contribution < 1.29 is 0 Å². The van der Waals surface area contributed by atoms with Crippen LogP contribution in [0.2, 0.25) is 0 Å². The highest BCUT2D eigenvalue weighted by Crippen LogP contribution is 2.24. The van der Waals surface area contributed by atoms with Gasteiger partial charge in [-0.1, -0.05) is 0 Å². The first-order valence-corrected chi connectivity index (χ1v) is 6.70. The Morgan fingerprint density at radius 1 is 1.30 bits per heavy atom. The van der Waals surface area contributed by atoms with E-state index in [1.165, 1.54) is 5.69 Å². The third-order valence-corrected chi connectivity index (χ3v) is 3.95. The number of hydrogen-bond donors (Lipinski definition) is 0. The van der Waals surface area contributed by atoms with Crippen LogP contribution in [0.4, 0.5) is 0 Å². The Bertz CT molecular complexity index is 744. The van der Waals surface area contributed by atoms with Crippen molar-refractivity contribution >= 4 is 5.65 Å². The molecule has 0 saturated heterocycles. The van der Waals surface area contributed by atoms with Crippen molar-refractivity contribution in [2.24, 2.45) is 0 Å². The number of fused-ring (bicyclic) bond motifs is 2. The van der Waals surface area contributed by atoms with Crippen LogP contribution in [0.3, 0.4) is 0 Å². The topological polar surface area (TPSA) is 64.1 Å². The quantitative estimate of drug-likeness (QED) is 0.691. The molecule has 0 radical (unpaired) electrons. The van der Waals surface area contributed by atoms with Crippen molar-refractivity contribution in [2.75, 3.05) is 6.54 Å². The van der Waals surface area contributed by atoms with Crippen LogP contribution in [0, 0.1) is 0 Å². The smallest absolute Gasteiger partial charge is 0.155 e. The second kappa shape index (κ2) is 4.38. The second-order valence-corrected chi connectivity index (χ2v) is 5.08. The molecule has 102 valence electrons. The van der Waals surface area contributed by atoms with Crippen molar-refractivity contribution in [3.8, 4) is 0 Å². The van der Waals surface area contributed by atoms with Crippen LogP contribution in [-0.4, -0.2) is 40.6 Å². The van der Waals surface area contributed by atoms with Crippen LogP contribution in [0.25, 0.3) is 5.65 Å². The van der Waals surface area contributed by atoms with E-state index in [0.29, 0.717) is 0 Å². The van der Waals surface area contributed by atoms with Gasteiger partial charge in [0, 0.05) is 32.0 Å². The molecule has 0 fully saturated rings. The summed E-state index contributed by atoms with van der Waals surface area (Å²) in [7, 11) is 0. The van der Waals surface area contributed by atoms with Gasteiger partial charge in [-0.2, -0.15) is 0 Å². The molecule has 0 bridgehead atoms. The van der Waals surface area contributed by atoms with Crippen molar-refractivity contribution in [3.63, 3.8) is 0 Å². The van der Waals surface area contributed by atoms with Crippen LogP contribution >= 0.6 is 0 Å². The van der Waals surface area contributed by atoms with Gasteiger partial charge in [-0.25, -0.2) is 4.98 Å². The standard InChI is InChI=1S/C13H15N7/c1-10-13-17-16-9-19(13)5-4-18(10)8-11-6-15-12-7-14-2-3-20(11)12/h2-3,6-7,9-10H,4-5,8H2,1H3. The first-order valence-electron chi connectivity index (χ1n) is 6.70. The molecule has 3 aromatic heterocycles. The average Bonchev–Trinajstić information content (AvgIpc) is 3.10. The fourth-order valence-electron chi connectivity index (χ4n) is 2.79. The average molecular weight is 269 g/mol. The Labute approximate surface area is 115 Å². The minimum atomic E-state index is 0.263. The first-order chi connectivity index (χ1) is 9.83. The lowest BCUT2D eigenvalue weighted by Gasteiger charge is -2.32. The third kappa shape index (κ3) is 1.70. The lowest BCUT2D eigenvalue weighted by Crippen LogP contribution is -2.36. The fraction of sp³-hybridized carbons (Fsp3) is 0.385. The lowest BCUT2D eigenvalue weighted by atomic mass is 10.2. The number of imidazole rings is 1. The summed E-state index contributed by atoms with van der Waals surface area (Å²) in [6, 6.07) is 0.263. The van der Waals surface area contributed by atoms with E-state index >= 15 is 0 Å². The molecule has 3 aromatic rings. The summed E-state index contributed by atoms with van der Waals surface area (Å²) in [4.78, 5) is 10.9. The predicted octanol–water partition coefficient (Wildman–Crippen LogP) is 0.898. The number of nitrogens with zero attached hydrogens (tertiary/aromatic N) is 7. The van der Waals surface area contributed by atoms with Gasteiger partial charge >= 0.3 is 0 Å². The maximum absolute atomic E-state index is 4.38. The van der Waals surface area contributed by atoms with Gasteiger partial charge < -0.3 is 4.57 Å². The monoisotopic (exact) mass is 269 g/mol. The summed E-state index contributed by atoms with van der Waals surface area (Å²) in [5, 5.41) is 8.21. The van der Waals surface area contributed by atoms with Crippen LogP contribution in [-0.2, 0) is 13.1 Å². The molecule has 1 aliphatic heterocycles. The van der Waals surface area contributed by atoms with Crippen molar-refractivity contribution in [2.45, 2.75) is 26.1 Å². The summed E-state index contributed by atoms with van der Waals surface area (Å²) in [5.41, 5.74) is 2.05. The van der Waals surface area contributed by atoms with Crippen molar-refractivity contribution in [3.05, 3.63) is 42.6 Å². The molecule has 0 amide bonds. The maximum Gasteiger partial charge on any atom is 0.155 e. The van der Waals surface area contributed by atoms with Crippen LogP contribution in [0.5, 0.6) is 0 Å². The molecule has 4 heterocycles. The normalized spacial score (nSPS) is 19.4. The molecular formula is C13H15N7. The molecule has 0 spiro atoms. The zero-order valence-corrected chi connectivity index (χ0v) is 11.2. The van der Waals surface area contributed by atoms with Gasteiger partial charge in [0.05, 0.1) is 24.1 Å². The van der Waals surface area contributed by atoms with E-state index in [-0.39, 0.29) is 6.04 Å². The minimum Gasteiger partial charge on any atom is -0.315 e. The van der Waals surface area contributed by atoms with E-state index in [4.69, 9.17) is 0 Å². The minimum absolute atomic E-state index is 0.263. The SMILES string of the molecule is CC1c2nncn2CCN1Cc1cnc2cnccn12. The summed E-state index contributed by atoms with van der Waals surface area (Å²) < 4.78 is 4.21. The van der Waals surface area contributed by atoms with Gasteiger partial charge in [-0.05, 0) is 6.92 Å². The van der Waals surface area contributed by atoms with Gasteiger partial charge in [0.25, 0.3) is 0 Å². The summed E-state index contributed by atoms with van der Waals surface area (Å²) in [5.74, 6) is 1.03. The Morgan fingerprint density at radius 3 is 3.20 bits per heavy atom. The zero-order valence-electron chi connectivity index (χ0n) is 11.2. The second-order valence-electron chi connectivity index (χ2n) is 5.08. The molecule has 1 aliphatic rings. The van der Waals surface area contributed by atoms with Gasteiger partial charge in [0.15, 0.2) is 5.65 Å². The third-order valence-electron chi connectivity index (χ3n) is 3.95. The molecule has 4 rings (SSSR count). The van der Waals surface area contributed by atoms with Crippen molar-refractivity contribution in [1.82, 2.24) is 34.0 Å². The molecule has 1 unspecified atom stereocenters. The predicted molar refractivity (Wildman–Crippen MR) is 71.8 cm³/mol. The van der Waals surface area contributed by atoms with Crippen LogP contribution in [0.1, 0.15) is 24.5 Å². The first kappa shape index (κ1) is 11.5. The molecule has 7 heteroatoms. The van der Waals surface area contributed by atoms with Crippen molar-refractivity contribution in [1.29, 1.82) is 0 Å². The Hall–Kier alpha value is -2.28. The number of rotatable bonds is 2. The van der Waals surface area contributed by atoms with Crippen LogP contribution < -0.4 is 0 Å². The maximum atomic E-state index is 4.38. The number of hydrogen-bond acceptors (Lipinski definition) is 5. The molecule has 0 saturated carbocycles. The molecule has 0 aliphatic carbocycles. The summed E-state index contributed by atoms with van der Waals surface area (Å²) in [6.07, 6.45) is 9.25. The van der Waals surface area contributed by atoms with E-state index in [9.17, 15) is 0 Å².